The summed E-state index contributed by atoms with van der Waals surface area (Å²) < 4.78 is 0. The van der Waals surface area contributed by atoms with E-state index in [1.54, 1.807) is 0 Å². The molecule has 2 aromatic rings. The van der Waals surface area contributed by atoms with E-state index in [0.717, 1.165) is 23.9 Å². The van der Waals surface area contributed by atoms with Gasteiger partial charge in [-0.3, -0.25) is 4.79 Å². The van der Waals surface area contributed by atoms with Crippen LogP contribution in [-0.2, 0) is 0 Å². The summed E-state index contributed by atoms with van der Waals surface area (Å²) in [6.45, 7) is 1.05. The van der Waals surface area contributed by atoms with Gasteiger partial charge in [0.1, 0.15) is 0 Å². The Hall–Kier alpha value is -1.67. The third kappa shape index (κ3) is 2.29. The molecule has 0 amide bonds. The average Bonchev–Trinajstić information content (AvgIpc) is 2.91. The molecule has 2 nitrogen and oxygen atoms in total. The van der Waals surface area contributed by atoms with E-state index in [1.165, 1.54) is 11.8 Å². The minimum atomic E-state index is 0.250. The first-order valence-corrected chi connectivity index (χ1v) is 6.58. The standard InChI is InChI=1S/C16H17NO/c18-16(11-15-6-3-9-17-15)14-8-7-12-4-1-2-5-13(12)10-14/h1-2,4-5,7-8,10,15,17H,3,6,9,11H2. The van der Waals surface area contributed by atoms with Crippen molar-refractivity contribution in [3.05, 3.63) is 48.0 Å². The predicted molar refractivity (Wildman–Crippen MR) is 73.9 cm³/mol. The van der Waals surface area contributed by atoms with Gasteiger partial charge in [0, 0.05) is 18.0 Å². The van der Waals surface area contributed by atoms with Crippen molar-refractivity contribution in [2.75, 3.05) is 6.54 Å². The van der Waals surface area contributed by atoms with Crippen LogP contribution in [0.3, 0.4) is 0 Å². The zero-order chi connectivity index (χ0) is 12.4. The highest BCUT2D eigenvalue weighted by molar-refractivity contribution is 6.00. The van der Waals surface area contributed by atoms with Gasteiger partial charge in [0.05, 0.1) is 0 Å². The van der Waals surface area contributed by atoms with Gasteiger partial charge in [-0.15, -0.1) is 0 Å². The molecule has 1 saturated heterocycles. The predicted octanol–water partition coefficient (Wildman–Crippen LogP) is 3.16. The lowest BCUT2D eigenvalue weighted by molar-refractivity contribution is 0.0972. The molecule has 0 saturated carbocycles. The van der Waals surface area contributed by atoms with Crippen LogP contribution in [-0.4, -0.2) is 18.4 Å². The Labute approximate surface area is 107 Å². The molecule has 1 atom stereocenters. The molecule has 2 heteroatoms. The highest BCUT2D eigenvalue weighted by Gasteiger charge is 2.18. The number of carbonyl (C=O) groups is 1. The summed E-state index contributed by atoms with van der Waals surface area (Å²) in [6.07, 6.45) is 2.94. The lowest BCUT2D eigenvalue weighted by Crippen LogP contribution is -2.24. The van der Waals surface area contributed by atoms with E-state index < -0.39 is 0 Å². The first-order valence-electron chi connectivity index (χ1n) is 6.58. The molecule has 3 rings (SSSR count). The van der Waals surface area contributed by atoms with Crippen LogP contribution in [0.15, 0.2) is 42.5 Å². The van der Waals surface area contributed by atoms with Gasteiger partial charge in [0.15, 0.2) is 5.78 Å². The summed E-state index contributed by atoms with van der Waals surface area (Å²) in [4.78, 5) is 12.2. The van der Waals surface area contributed by atoms with Crippen molar-refractivity contribution in [1.82, 2.24) is 5.32 Å². The maximum atomic E-state index is 12.2. The van der Waals surface area contributed by atoms with Gasteiger partial charge in [0.2, 0.25) is 0 Å². The Bertz CT molecular complexity index is 570. The Balaban J connectivity index is 1.82. The van der Waals surface area contributed by atoms with E-state index in [4.69, 9.17) is 0 Å². The summed E-state index contributed by atoms with van der Waals surface area (Å²) in [5, 5.41) is 5.70. The maximum Gasteiger partial charge on any atom is 0.164 e. The smallest absolute Gasteiger partial charge is 0.164 e. The molecule has 18 heavy (non-hydrogen) atoms. The summed E-state index contributed by atoms with van der Waals surface area (Å²) >= 11 is 0. The number of Topliss-reactive ketones (excluding diaryl/α,β-unsaturated/α-hetero) is 1. The number of nitrogens with one attached hydrogen (secondary N) is 1. The quantitative estimate of drug-likeness (QED) is 0.834. The number of rotatable bonds is 3. The number of benzene rings is 2. The second-order valence-electron chi connectivity index (χ2n) is 4.98. The lowest BCUT2D eigenvalue weighted by atomic mass is 10.00. The Morgan fingerprint density at radius 3 is 2.78 bits per heavy atom. The third-order valence-corrected chi connectivity index (χ3v) is 3.67. The highest BCUT2D eigenvalue weighted by Crippen LogP contribution is 2.18. The van der Waals surface area contributed by atoms with Crippen LogP contribution in [0.5, 0.6) is 0 Å². The van der Waals surface area contributed by atoms with Gasteiger partial charge in [-0.25, -0.2) is 0 Å². The fourth-order valence-corrected chi connectivity index (χ4v) is 2.64. The van der Waals surface area contributed by atoms with Crippen molar-refractivity contribution in [2.45, 2.75) is 25.3 Å². The average molecular weight is 239 g/mol. The summed E-state index contributed by atoms with van der Waals surface area (Å²) in [5.41, 5.74) is 0.836. The first kappa shape index (κ1) is 11.4. The van der Waals surface area contributed by atoms with E-state index in [0.29, 0.717) is 12.5 Å². The molecule has 1 unspecified atom stereocenters. The SMILES string of the molecule is O=C(CC1CCCN1)c1ccc2ccccc2c1. The Morgan fingerprint density at radius 1 is 1.17 bits per heavy atom. The molecule has 92 valence electrons. The first-order chi connectivity index (χ1) is 8.83. The molecule has 1 heterocycles. The molecule has 0 aromatic heterocycles. The summed E-state index contributed by atoms with van der Waals surface area (Å²) in [5.74, 6) is 0.250. The van der Waals surface area contributed by atoms with Gasteiger partial charge < -0.3 is 5.32 Å². The second-order valence-corrected chi connectivity index (χ2v) is 4.98. The van der Waals surface area contributed by atoms with E-state index >= 15 is 0 Å². The molecule has 0 bridgehead atoms. The second kappa shape index (κ2) is 4.91. The minimum absolute atomic E-state index is 0.250. The molecule has 1 fully saturated rings. The van der Waals surface area contributed by atoms with Gasteiger partial charge in [-0.1, -0.05) is 36.4 Å². The fraction of sp³-hybridized carbons (Fsp3) is 0.312. The van der Waals surface area contributed by atoms with E-state index in [2.05, 4.69) is 17.4 Å². The van der Waals surface area contributed by atoms with Crippen molar-refractivity contribution >= 4 is 16.6 Å². The van der Waals surface area contributed by atoms with Crippen LogP contribution in [0.25, 0.3) is 10.8 Å². The Morgan fingerprint density at radius 2 is 2.00 bits per heavy atom. The lowest BCUT2D eigenvalue weighted by Gasteiger charge is -2.09. The van der Waals surface area contributed by atoms with E-state index in [9.17, 15) is 4.79 Å². The fourth-order valence-electron chi connectivity index (χ4n) is 2.64. The molecule has 0 aliphatic carbocycles. The van der Waals surface area contributed by atoms with Gasteiger partial charge >= 0.3 is 0 Å². The van der Waals surface area contributed by atoms with Crippen molar-refractivity contribution in [3.8, 4) is 0 Å². The van der Waals surface area contributed by atoms with Crippen LogP contribution in [0, 0.1) is 0 Å². The third-order valence-electron chi connectivity index (χ3n) is 3.67. The van der Waals surface area contributed by atoms with Crippen LogP contribution in [0.1, 0.15) is 29.6 Å². The van der Waals surface area contributed by atoms with Crippen LogP contribution < -0.4 is 5.32 Å². The summed E-state index contributed by atoms with van der Waals surface area (Å²) in [7, 11) is 0. The Kier molecular flexibility index (Phi) is 3.11. The van der Waals surface area contributed by atoms with E-state index in [-0.39, 0.29) is 5.78 Å². The normalized spacial score (nSPS) is 19.2. The zero-order valence-corrected chi connectivity index (χ0v) is 10.4. The van der Waals surface area contributed by atoms with E-state index in [1.807, 2.05) is 30.3 Å². The van der Waals surface area contributed by atoms with Crippen LogP contribution in [0.2, 0.25) is 0 Å². The molecule has 2 aromatic carbocycles. The molecular formula is C16H17NO. The van der Waals surface area contributed by atoms with Crippen molar-refractivity contribution in [2.24, 2.45) is 0 Å². The van der Waals surface area contributed by atoms with Crippen LogP contribution >= 0.6 is 0 Å². The van der Waals surface area contributed by atoms with Crippen molar-refractivity contribution in [3.63, 3.8) is 0 Å². The zero-order valence-electron chi connectivity index (χ0n) is 10.4. The molecule has 1 aliphatic rings. The largest absolute Gasteiger partial charge is 0.314 e. The highest BCUT2D eigenvalue weighted by atomic mass is 16.1. The topological polar surface area (TPSA) is 29.1 Å². The molecular weight excluding hydrogens is 222 g/mol. The van der Waals surface area contributed by atoms with Gasteiger partial charge in [-0.05, 0) is 36.2 Å². The number of hydrogen-bond acceptors (Lipinski definition) is 2. The number of ketones is 1. The number of carbonyl (C=O) groups excluding carboxylic acids is 1. The minimum Gasteiger partial charge on any atom is -0.314 e. The van der Waals surface area contributed by atoms with Crippen LogP contribution in [0.4, 0.5) is 0 Å². The monoisotopic (exact) mass is 239 g/mol. The maximum absolute atomic E-state index is 12.2. The van der Waals surface area contributed by atoms with Gasteiger partial charge in [0.25, 0.3) is 0 Å². The molecule has 0 spiro atoms. The molecule has 0 radical (unpaired) electrons. The summed E-state index contributed by atoms with van der Waals surface area (Å²) in [6, 6.07) is 14.5. The van der Waals surface area contributed by atoms with Crippen molar-refractivity contribution in [1.29, 1.82) is 0 Å². The number of hydrogen-bond donors (Lipinski definition) is 1. The van der Waals surface area contributed by atoms with Crippen molar-refractivity contribution < 1.29 is 4.79 Å². The number of fused-ring (bicyclic) bond motifs is 1. The van der Waals surface area contributed by atoms with Gasteiger partial charge in [-0.2, -0.15) is 0 Å². The molecule has 1 N–H and O–H groups in total. The molecule has 1 aliphatic heterocycles.